The van der Waals surface area contributed by atoms with E-state index in [2.05, 4.69) is 236 Å². The van der Waals surface area contributed by atoms with Gasteiger partial charge in [-0.25, -0.2) is 9.34 Å². The second-order valence-corrected chi connectivity index (χ2v) is 30.8. The average Bonchev–Trinajstić information content (AvgIpc) is 3.34. The number of rotatable bonds is 6. The van der Waals surface area contributed by atoms with Gasteiger partial charge in [0, 0.05) is 59.2 Å². The molecular formula is C60H90N2O4P2. The van der Waals surface area contributed by atoms with Crippen LogP contribution in [0.3, 0.4) is 0 Å². The molecule has 0 spiro atoms. The molecular weight excluding hydrogens is 875 g/mol. The number of piperazine rings is 1. The molecule has 68 heavy (non-hydrogen) atoms. The Balaban J connectivity index is 1.53. The fourth-order valence-electron chi connectivity index (χ4n) is 8.76. The van der Waals surface area contributed by atoms with Crippen molar-refractivity contribution in [1.82, 2.24) is 4.67 Å². The van der Waals surface area contributed by atoms with E-state index < -0.39 is 16.7 Å². The molecule has 0 amide bonds. The topological polar surface area (TPSA) is 51.2 Å². The van der Waals surface area contributed by atoms with Crippen molar-refractivity contribution < 1.29 is 17.4 Å². The van der Waals surface area contributed by atoms with Crippen LogP contribution in [0.1, 0.15) is 211 Å². The highest BCUT2D eigenvalue weighted by Crippen LogP contribution is 2.52. The number of hydrogen-bond donors (Lipinski definition) is 0. The molecule has 1 aliphatic rings. The van der Waals surface area contributed by atoms with Crippen molar-refractivity contribution in [2.75, 3.05) is 30.8 Å². The number of nitrogens with zero attached hydrogens (tertiary/aromatic N) is 2. The maximum Gasteiger partial charge on any atom is 0.384 e. The molecule has 1 saturated heterocycles. The van der Waals surface area contributed by atoms with Crippen molar-refractivity contribution in [1.29, 1.82) is 0 Å². The van der Waals surface area contributed by atoms with E-state index in [9.17, 15) is 0 Å². The lowest BCUT2D eigenvalue weighted by molar-refractivity contribution is 0.332. The first-order valence-corrected chi connectivity index (χ1v) is 27.5. The van der Waals surface area contributed by atoms with Crippen molar-refractivity contribution in [3.63, 3.8) is 0 Å². The first kappa shape index (κ1) is 54.1. The van der Waals surface area contributed by atoms with Crippen LogP contribution in [0, 0.1) is 0 Å². The summed E-state index contributed by atoms with van der Waals surface area (Å²) in [6, 6.07) is 23.1. The smallest absolute Gasteiger partial charge is 0.384 e. The van der Waals surface area contributed by atoms with E-state index in [1.807, 2.05) is 0 Å². The van der Waals surface area contributed by atoms with Gasteiger partial charge in [0.05, 0.1) is 0 Å². The molecule has 0 N–H and O–H groups in total. The van der Waals surface area contributed by atoms with E-state index in [1.54, 1.807) is 0 Å². The molecule has 0 aliphatic carbocycles. The third-order valence-electron chi connectivity index (χ3n) is 13.5. The zero-order valence-electron chi connectivity index (χ0n) is 47.0. The summed E-state index contributed by atoms with van der Waals surface area (Å²) in [5.41, 5.74) is 11.1. The Bertz CT molecular complexity index is 2490. The Kier molecular flexibility index (Phi) is 14.6. The first-order valence-electron chi connectivity index (χ1n) is 25.2. The van der Waals surface area contributed by atoms with Gasteiger partial charge in [-0.05, 0) is 89.8 Å². The first-order chi connectivity index (χ1) is 30.7. The van der Waals surface area contributed by atoms with Gasteiger partial charge in [-0.2, -0.15) is 0 Å². The van der Waals surface area contributed by atoms with E-state index in [1.165, 1.54) is 44.5 Å². The van der Waals surface area contributed by atoms with Gasteiger partial charge in [0.2, 0.25) is 0 Å². The predicted molar refractivity (Wildman–Crippen MR) is 297 cm³/mol. The Morgan fingerprint density at radius 3 is 0.985 bits per heavy atom. The van der Waals surface area contributed by atoms with Gasteiger partial charge >= 0.3 is 16.7 Å². The molecule has 4 aromatic carbocycles. The Morgan fingerprint density at radius 1 is 0.382 bits per heavy atom. The van der Waals surface area contributed by atoms with Crippen LogP contribution in [0.5, 0.6) is 11.5 Å². The lowest BCUT2D eigenvalue weighted by Gasteiger charge is -2.37. The molecule has 0 atom stereocenters. The molecule has 374 valence electrons. The van der Waals surface area contributed by atoms with Crippen LogP contribution in [-0.2, 0) is 43.3 Å². The Hall–Kier alpha value is -3.27. The van der Waals surface area contributed by atoms with Crippen LogP contribution in [0.4, 0.5) is 0 Å². The summed E-state index contributed by atoms with van der Waals surface area (Å²) in [5, 5.41) is 2.25. The highest BCUT2D eigenvalue weighted by molar-refractivity contribution is 7.45. The summed E-state index contributed by atoms with van der Waals surface area (Å²) in [7, 11) is -3.16. The summed E-state index contributed by atoms with van der Waals surface area (Å²) in [6.07, 6.45) is 0. The highest BCUT2D eigenvalue weighted by atomic mass is 31.2. The summed E-state index contributed by atoms with van der Waals surface area (Å²) in [6.45, 7) is 58.0. The Morgan fingerprint density at radius 2 is 0.691 bits per heavy atom. The molecule has 8 heteroatoms. The number of fused-ring (bicyclic) bond motifs is 3. The van der Waals surface area contributed by atoms with Gasteiger partial charge in [0.25, 0.3) is 0 Å². The molecule has 0 unspecified atom stereocenters. The molecule has 0 bridgehead atoms. The van der Waals surface area contributed by atoms with Crippen LogP contribution in [0.2, 0.25) is 0 Å². The predicted octanol–water partition coefficient (Wildman–Crippen LogP) is 18.3. The fourth-order valence-corrected chi connectivity index (χ4v) is 11.7. The number of hydrogen-bond acceptors (Lipinski definition) is 6. The van der Waals surface area contributed by atoms with Crippen LogP contribution in [0.25, 0.3) is 21.9 Å². The third-order valence-corrected chi connectivity index (χ3v) is 16.6. The third kappa shape index (κ3) is 12.1. The maximum absolute atomic E-state index is 7.46. The van der Waals surface area contributed by atoms with Crippen molar-refractivity contribution >= 4 is 38.6 Å². The van der Waals surface area contributed by atoms with Crippen molar-refractivity contribution in [3.8, 4) is 11.5 Å². The van der Waals surface area contributed by atoms with E-state index in [4.69, 9.17) is 17.4 Å². The van der Waals surface area contributed by atoms with Gasteiger partial charge < -0.3 is 17.4 Å². The molecule has 2 heterocycles. The minimum Gasteiger partial charge on any atom is -0.427 e. The number of benzene rings is 4. The lowest BCUT2D eigenvalue weighted by atomic mass is 9.77. The van der Waals surface area contributed by atoms with E-state index in [0.29, 0.717) is 0 Å². The highest BCUT2D eigenvalue weighted by Gasteiger charge is 2.36. The van der Waals surface area contributed by atoms with Gasteiger partial charge in [-0.1, -0.05) is 203 Å². The minimum absolute atomic E-state index is 0.00252. The quantitative estimate of drug-likeness (QED) is 0.158. The van der Waals surface area contributed by atoms with Crippen LogP contribution >= 0.6 is 16.7 Å². The van der Waals surface area contributed by atoms with E-state index >= 15 is 0 Å². The maximum atomic E-state index is 7.46. The summed E-state index contributed by atoms with van der Waals surface area (Å²) in [5.74, 6) is 1.76. The van der Waals surface area contributed by atoms with Crippen LogP contribution < -0.4 is 13.7 Å². The zero-order chi connectivity index (χ0) is 51.1. The fraction of sp³-hybridized carbons (Fsp3) is 0.600. The summed E-state index contributed by atoms with van der Waals surface area (Å²) in [4.78, 5) is 0. The average molecular weight is 965 g/mol. The monoisotopic (exact) mass is 965 g/mol. The Labute approximate surface area is 415 Å². The summed E-state index contributed by atoms with van der Waals surface area (Å²) < 4.78 is 34.4. The molecule has 0 radical (unpaired) electrons. The molecule has 1 aliphatic heterocycles. The SMILES string of the molecule is CC(C)(C)c1ccc(OP(Oc2ccc(C(C)(C)C)cc2C(C)(C)C)N2CCN(p3oc4c(C(C)(C)C)cc(C(C)(C)C)cc4c4cc(C(C)(C)C)cc(C(C)(C)C)c4o3)CC2)c(C(C)(C)C)c1. The standard InChI is InChI=1S/C60H90N2O4P2/c1-53(2,3)39-25-27-49(45(35-39)57(13,14)15)63-67(64-50-28-26-40(54(4,5)6)36-46(50)58(16,17)18)61-29-31-62(32-30-61)68-65-51-43(33-41(55(7,8)9)37-47(51)59(19,20)21)44-34-42(56(10,11)12)38-48(52(44)66-68)60(22,23)24/h25-28,33-38H,29-32H2,1-24H3. The van der Waals surface area contributed by atoms with Crippen molar-refractivity contribution in [2.24, 2.45) is 0 Å². The summed E-state index contributed by atoms with van der Waals surface area (Å²) >= 11 is 0. The molecule has 1 aromatic heterocycles. The zero-order valence-corrected chi connectivity index (χ0v) is 48.8. The molecule has 0 saturated carbocycles. The normalized spacial score (nSPS) is 15.7. The molecule has 5 aromatic rings. The van der Waals surface area contributed by atoms with E-state index in [-0.39, 0.29) is 43.3 Å². The largest absolute Gasteiger partial charge is 0.427 e. The lowest BCUT2D eigenvalue weighted by Crippen LogP contribution is -2.44. The van der Waals surface area contributed by atoms with Crippen molar-refractivity contribution in [3.05, 3.63) is 105 Å². The van der Waals surface area contributed by atoms with Crippen LogP contribution in [-0.4, -0.2) is 30.8 Å². The second kappa shape index (κ2) is 18.4. The van der Waals surface area contributed by atoms with Gasteiger partial charge in [-0.3, -0.25) is 0 Å². The molecule has 6 rings (SSSR count). The van der Waals surface area contributed by atoms with Crippen LogP contribution in [0.15, 0.2) is 69.1 Å². The second-order valence-electron chi connectivity index (χ2n) is 28.0. The van der Waals surface area contributed by atoms with Gasteiger partial charge in [0.1, 0.15) is 22.7 Å². The van der Waals surface area contributed by atoms with Crippen molar-refractivity contribution in [2.45, 2.75) is 209 Å². The van der Waals surface area contributed by atoms with Gasteiger partial charge in [0.15, 0.2) is 0 Å². The molecule has 6 nitrogen and oxygen atoms in total. The minimum atomic E-state index is -1.60. The van der Waals surface area contributed by atoms with Gasteiger partial charge in [-0.15, -0.1) is 0 Å². The van der Waals surface area contributed by atoms with E-state index in [0.717, 1.165) is 59.6 Å². The molecule has 1 fully saturated rings.